The molecule has 19 heavy (non-hydrogen) atoms. The zero-order valence-corrected chi connectivity index (χ0v) is 13.3. The highest BCUT2D eigenvalue weighted by Gasteiger charge is 2.37. The number of aromatic hydroxyl groups is 1. The molecule has 0 saturated heterocycles. The van der Waals surface area contributed by atoms with E-state index in [2.05, 4.69) is 21.2 Å². The smallest absolute Gasteiger partial charge is 0.241 e. The van der Waals surface area contributed by atoms with Crippen molar-refractivity contribution in [3.8, 4) is 5.75 Å². The summed E-state index contributed by atoms with van der Waals surface area (Å²) in [6.07, 6.45) is 4.84. The summed E-state index contributed by atoms with van der Waals surface area (Å²) >= 11 is 15.4. The molecule has 0 unspecified atom stereocenters. The maximum Gasteiger partial charge on any atom is 0.241 e. The van der Waals surface area contributed by atoms with Crippen molar-refractivity contribution in [2.24, 2.45) is 0 Å². The molecule has 1 aliphatic rings. The quantitative estimate of drug-likeness (QED) is 0.586. The molecule has 0 bridgehead atoms. The Bertz CT molecular complexity index is 502. The van der Waals surface area contributed by atoms with Crippen LogP contribution >= 0.6 is 39.1 Å². The van der Waals surface area contributed by atoms with Gasteiger partial charge in [0.25, 0.3) is 0 Å². The molecule has 1 aliphatic carbocycles. The number of alkyl halides is 1. The van der Waals surface area contributed by atoms with E-state index in [0.717, 1.165) is 32.1 Å². The first-order chi connectivity index (χ1) is 8.94. The molecule has 1 aromatic carbocycles. The third kappa shape index (κ3) is 3.18. The number of carbonyl (C=O) groups is 1. The third-order valence-corrected chi connectivity index (χ3v) is 5.39. The molecule has 0 radical (unpaired) electrons. The van der Waals surface area contributed by atoms with E-state index in [9.17, 15) is 9.90 Å². The highest BCUT2D eigenvalue weighted by molar-refractivity contribution is 9.10. The summed E-state index contributed by atoms with van der Waals surface area (Å²) in [7, 11) is 0. The minimum atomic E-state index is -0.529. The Balaban J connectivity index is 2.17. The van der Waals surface area contributed by atoms with Gasteiger partial charge in [0, 0.05) is 0 Å². The molecule has 1 fully saturated rings. The van der Waals surface area contributed by atoms with Gasteiger partial charge in [-0.25, -0.2) is 0 Å². The molecule has 0 aromatic heterocycles. The molecule has 2 rings (SSSR count). The Morgan fingerprint density at radius 3 is 2.47 bits per heavy atom. The number of phenols is 1. The summed E-state index contributed by atoms with van der Waals surface area (Å²) in [5.41, 5.74) is 0.416. The fourth-order valence-electron chi connectivity index (χ4n) is 2.21. The topological polar surface area (TPSA) is 49.3 Å². The van der Waals surface area contributed by atoms with Gasteiger partial charge in [0.2, 0.25) is 5.91 Å². The van der Waals surface area contributed by atoms with Crippen LogP contribution in [0, 0.1) is 0 Å². The number of amides is 1. The normalized spacial score (nSPS) is 18.1. The number of nitrogens with one attached hydrogen (secondary N) is 1. The number of rotatable bonds is 2. The number of benzene rings is 1. The number of halogens is 3. The van der Waals surface area contributed by atoms with E-state index in [4.69, 9.17) is 23.2 Å². The van der Waals surface area contributed by atoms with Crippen LogP contribution in [0.25, 0.3) is 0 Å². The number of hydrogen-bond acceptors (Lipinski definition) is 2. The molecule has 6 heteroatoms. The van der Waals surface area contributed by atoms with Crippen LogP contribution in [-0.2, 0) is 4.79 Å². The number of carbonyl (C=O) groups excluding carboxylic acids is 1. The summed E-state index contributed by atoms with van der Waals surface area (Å²) in [5.74, 6) is -0.216. The zero-order chi connectivity index (χ0) is 14.0. The van der Waals surface area contributed by atoms with Crippen molar-refractivity contribution in [3.63, 3.8) is 0 Å². The molecule has 0 heterocycles. The lowest BCUT2D eigenvalue weighted by molar-refractivity contribution is -0.118. The minimum absolute atomic E-state index is 0.0479. The van der Waals surface area contributed by atoms with Gasteiger partial charge in [-0.3, -0.25) is 4.79 Å². The van der Waals surface area contributed by atoms with Gasteiger partial charge in [0.1, 0.15) is 15.1 Å². The Hall–Kier alpha value is -0.450. The Kier molecular flexibility index (Phi) is 4.64. The molecular weight excluding hydrogens is 353 g/mol. The summed E-state index contributed by atoms with van der Waals surface area (Å²) in [5, 5.41) is 12.4. The maximum absolute atomic E-state index is 12.3. The van der Waals surface area contributed by atoms with Gasteiger partial charge < -0.3 is 10.4 Å². The van der Waals surface area contributed by atoms with Crippen LogP contribution < -0.4 is 5.32 Å². The Morgan fingerprint density at radius 1 is 1.21 bits per heavy atom. The van der Waals surface area contributed by atoms with E-state index < -0.39 is 4.32 Å². The standard InChI is InChI=1S/C13H14BrCl2NO2/c14-13(6-2-1-3-7-13)12(19)17-8-4-5-9(18)11(16)10(8)15/h4-5,18H,1-3,6-7H2,(H,17,19). The van der Waals surface area contributed by atoms with Crippen molar-refractivity contribution in [2.45, 2.75) is 36.4 Å². The van der Waals surface area contributed by atoms with Gasteiger partial charge in [-0.1, -0.05) is 58.4 Å². The van der Waals surface area contributed by atoms with Crippen LogP contribution in [0.3, 0.4) is 0 Å². The molecule has 0 atom stereocenters. The number of anilines is 1. The first-order valence-electron chi connectivity index (χ1n) is 6.11. The van der Waals surface area contributed by atoms with Gasteiger partial charge in [-0.15, -0.1) is 0 Å². The predicted molar refractivity (Wildman–Crippen MR) is 81.5 cm³/mol. The summed E-state index contributed by atoms with van der Waals surface area (Å²) < 4.78 is -0.529. The van der Waals surface area contributed by atoms with Gasteiger partial charge in [-0.05, 0) is 25.0 Å². The summed E-state index contributed by atoms with van der Waals surface area (Å²) in [6, 6.07) is 2.95. The first kappa shape index (κ1) is 14.9. The maximum atomic E-state index is 12.3. The molecule has 104 valence electrons. The molecule has 1 aromatic rings. The van der Waals surface area contributed by atoms with Crippen LogP contribution in [0.5, 0.6) is 5.75 Å². The molecule has 1 saturated carbocycles. The second kappa shape index (κ2) is 5.90. The lowest BCUT2D eigenvalue weighted by Crippen LogP contribution is -2.39. The summed E-state index contributed by atoms with van der Waals surface area (Å²) in [4.78, 5) is 12.3. The summed E-state index contributed by atoms with van der Waals surface area (Å²) in [6.45, 7) is 0. The minimum Gasteiger partial charge on any atom is -0.506 e. The van der Waals surface area contributed by atoms with E-state index in [1.165, 1.54) is 6.07 Å². The van der Waals surface area contributed by atoms with E-state index in [-0.39, 0.29) is 21.7 Å². The van der Waals surface area contributed by atoms with Crippen LogP contribution in [0.4, 0.5) is 5.69 Å². The van der Waals surface area contributed by atoms with E-state index in [1.54, 1.807) is 6.07 Å². The van der Waals surface area contributed by atoms with Crippen molar-refractivity contribution >= 4 is 50.7 Å². The lowest BCUT2D eigenvalue weighted by atomic mass is 9.88. The second-order valence-corrected chi connectivity index (χ2v) is 7.01. The SMILES string of the molecule is O=C(Nc1ccc(O)c(Cl)c1Cl)C1(Br)CCCCC1. The Morgan fingerprint density at radius 2 is 1.84 bits per heavy atom. The van der Waals surface area contributed by atoms with Crippen molar-refractivity contribution in [2.75, 3.05) is 5.32 Å². The molecule has 1 amide bonds. The van der Waals surface area contributed by atoms with Crippen molar-refractivity contribution < 1.29 is 9.90 Å². The van der Waals surface area contributed by atoms with Gasteiger partial charge in [0.15, 0.2) is 0 Å². The average Bonchev–Trinajstić information content (AvgIpc) is 2.40. The molecular formula is C13H14BrCl2NO2. The van der Waals surface area contributed by atoms with Crippen molar-refractivity contribution in [1.29, 1.82) is 0 Å². The molecule has 3 nitrogen and oxygen atoms in total. The lowest BCUT2D eigenvalue weighted by Gasteiger charge is -2.30. The number of hydrogen-bond donors (Lipinski definition) is 2. The van der Waals surface area contributed by atoms with Crippen LogP contribution in [0.15, 0.2) is 12.1 Å². The zero-order valence-electron chi connectivity index (χ0n) is 10.2. The van der Waals surface area contributed by atoms with Gasteiger partial charge in [0.05, 0.1) is 10.7 Å². The van der Waals surface area contributed by atoms with Crippen molar-refractivity contribution in [3.05, 3.63) is 22.2 Å². The van der Waals surface area contributed by atoms with Crippen molar-refractivity contribution in [1.82, 2.24) is 0 Å². The number of phenolic OH excluding ortho intramolecular Hbond substituents is 1. The van der Waals surface area contributed by atoms with Gasteiger partial charge >= 0.3 is 0 Å². The van der Waals surface area contributed by atoms with Crippen LogP contribution in [0.2, 0.25) is 10.0 Å². The Labute approximate surface area is 130 Å². The average molecular weight is 367 g/mol. The predicted octanol–water partition coefficient (Wildman–Crippen LogP) is 4.74. The van der Waals surface area contributed by atoms with Gasteiger partial charge in [-0.2, -0.15) is 0 Å². The molecule has 0 aliphatic heterocycles. The largest absolute Gasteiger partial charge is 0.506 e. The first-order valence-corrected chi connectivity index (χ1v) is 7.66. The molecule has 2 N–H and O–H groups in total. The molecule has 0 spiro atoms. The fourth-order valence-corrected chi connectivity index (χ4v) is 3.24. The highest BCUT2D eigenvalue weighted by Crippen LogP contribution is 2.40. The second-order valence-electron chi connectivity index (χ2n) is 4.74. The van der Waals surface area contributed by atoms with Crippen LogP contribution in [-0.4, -0.2) is 15.3 Å². The van der Waals surface area contributed by atoms with E-state index >= 15 is 0 Å². The van der Waals surface area contributed by atoms with E-state index in [0.29, 0.717) is 5.69 Å². The monoisotopic (exact) mass is 365 g/mol. The fraction of sp³-hybridized carbons (Fsp3) is 0.462. The van der Waals surface area contributed by atoms with Crippen LogP contribution in [0.1, 0.15) is 32.1 Å². The third-order valence-electron chi connectivity index (χ3n) is 3.36. The van der Waals surface area contributed by atoms with E-state index in [1.807, 2.05) is 0 Å². The highest BCUT2D eigenvalue weighted by atomic mass is 79.9.